The molecule has 2 rings (SSSR count). The molecule has 0 atom stereocenters. The molecule has 0 aliphatic carbocycles. The van der Waals surface area contributed by atoms with Crippen LogP contribution in [0, 0.1) is 10.1 Å². The molecule has 2 aromatic rings. The van der Waals surface area contributed by atoms with Crippen LogP contribution in [0.3, 0.4) is 0 Å². The molecule has 1 amide bonds. The molecule has 11 heteroatoms. The van der Waals surface area contributed by atoms with Gasteiger partial charge in [0.1, 0.15) is 5.00 Å². The van der Waals surface area contributed by atoms with Gasteiger partial charge in [-0.25, -0.2) is 4.79 Å². The second kappa shape index (κ2) is 11.1. The molecule has 0 saturated carbocycles. The average Bonchev–Trinajstić information content (AvgIpc) is 3.14. The molecule has 1 aromatic heterocycles. The van der Waals surface area contributed by atoms with Gasteiger partial charge >= 0.3 is 5.97 Å². The number of nitrogens with zero attached hydrogens (tertiary/aromatic N) is 1. The molecule has 0 radical (unpaired) electrons. The highest BCUT2D eigenvalue weighted by Gasteiger charge is 2.19. The molecule has 4 N–H and O–H groups in total. The Morgan fingerprint density at radius 1 is 1.20 bits per heavy atom. The van der Waals surface area contributed by atoms with E-state index in [-0.39, 0.29) is 32.0 Å². The summed E-state index contributed by atoms with van der Waals surface area (Å²) in [4.78, 5) is 36.0. The lowest BCUT2D eigenvalue weighted by atomic mass is 10.2. The fourth-order valence-electron chi connectivity index (χ4n) is 2.55. The third kappa shape index (κ3) is 6.16. The minimum Gasteiger partial charge on any atom is -0.462 e. The van der Waals surface area contributed by atoms with Crippen molar-refractivity contribution in [3.8, 4) is 0 Å². The van der Waals surface area contributed by atoms with Crippen molar-refractivity contribution in [2.45, 2.75) is 20.3 Å². The van der Waals surface area contributed by atoms with E-state index in [1.165, 1.54) is 29.5 Å². The third-order valence-corrected chi connectivity index (χ3v) is 5.16. The van der Waals surface area contributed by atoms with Crippen molar-refractivity contribution in [2.24, 2.45) is 0 Å². The van der Waals surface area contributed by atoms with Crippen LogP contribution in [0.5, 0.6) is 0 Å². The Labute approximate surface area is 177 Å². The third-order valence-electron chi connectivity index (χ3n) is 3.96. The molecule has 0 spiro atoms. The number of anilines is 3. The van der Waals surface area contributed by atoms with Crippen LogP contribution in [0.15, 0.2) is 24.3 Å². The zero-order valence-corrected chi connectivity index (χ0v) is 17.5. The number of esters is 1. The fourth-order valence-corrected chi connectivity index (χ4v) is 3.55. The zero-order valence-electron chi connectivity index (χ0n) is 16.7. The second-order valence-electron chi connectivity index (χ2n) is 6.07. The van der Waals surface area contributed by atoms with Gasteiger partial charge in [-0.2, -0.15) is 0 Å². The van der Waals surface area contributed by atoms with Crippen molar-refractivity contribution in [2.75, 3.05) is 42.3 Å². The number of thiophene rings is 1. The summed E-state index contributed by atoms with van der Waals surface area (Å²) in [5, 5.41) is 28.9. The first-order chi connectivity index (χ1) is 14.4. The number of nitro benzene ring substituents is 1. The Morgan fingerprint density at radius 3 is 2.60 bits per heavy atom. The summed E-state index contributed by atoms with van der Waals surface area (Å²) in [6.07, 6.45) is 0.707. The number of nitro groups is 1. The summed E-state index contributed by atoms with van der Waals surface area (Å²) < 4.78 is 5.03. The molecule has 30 heavy (non-hydrogen) atoms. The molecule has 0 aliphatic rings. The van der Waals surface area contributed by atoms with Crippen LogP contribution < -0.4 is 16.0 Å². The van der Waals surface area contributed by atoms with E-state index in [0.29, 0.717) is 28.4 Å². The molecular formula is C19H24N4O6S. The normalized spacial score (nSPS) is 10.4. The topological polar surface area (TPSA) is 143 Å². The van der Waals surface area contributed by atoms with Gasteiger partial charge in [0.05, 0.1) is 41.6 Å². The van der Waals surface area contributed by atoms with E-state index in [0.717, 1.165) is 4.88 Å². The average molecular weight is 436 g/mol. The number of benzene rings is 1. The molecule has 1 aromatic carbocycles. The largest absolute Gasteiger partial charge is 0.462 e. The van der Waals surface area contributed by atoms with Gasteiger partial charge in [0.2, 0.25) is 5.91 Å². The van der Waals surface area contributed by atoms with Gasteiger partial charge in [0.15, 0.2) is 0 Å². The Morgan fingerprint density at radius 2 is 1.97 bits per heavy atom. The monoisotopic (exact) mass is 436 g/mol. The Hall–Kier alpha value is -3.18. The minimum absolute atomic E-state index is 0.119. The molecule has 10 nitrogen and oxygen atoms in total. The van der Waals surface area contributed by atoms with Crippen molar-refractivity contribution in [1.82, 2.24) is 0 Å². The molecule has 1 heterocycles. The summed E-state index contributed by atoms with van der Waals surface area (Å²) in [6, 6.07) is 5.83. The zero-order chi connectivity index (χ0) is 22.1. The smallest absolute Gasteiger partial charge is 0.341 e. The number of hydrogen-bond acceptors (Lipinski definition) is 9. The highest BCUT2D eigenvalue weighted by Crippen LogP contribution is 2.30. The number of hydrogen-bond donors (Lipinski definition) is 4. The Kier molecular flexibility index (Phi) is 8.56. The molecule has 0 saturated heterocycles. The molecule has 0 bridgehead atoms. The van der Waals surface area contributed by atoms with Gasteiger partial charge in [-0.1, -0.05) is 6.92 Å². The van der Waals surface area contributed by atoms with Crippen LogP contribution in [0.4, 0.5) is 22.1 Å². The predicted molar refractivity (Wildman–Crippen MR) is 115 cm³/mol. The van der Waals surface area contributed by atoms with Crippen molar-refractivity contribution in [3.05, 3.63) is 44.8 Å². The minimum atomic E-state index is -0.537. The first kappa shape index (κ1) is 23.1. The standard InChI is InChI=1S/C19H24N4O6S/c1-3-13-10-14(19(26)29-4-2)18(30-13)22-17(25)11-21-16-9-12(23(27)28)5-6-15(16)20-7-8-24/h5-6,9-10,20-21,24H,3-4,7-8,11H2,1-2H3,(H,22,25). The number of ether oxygens (including phenoxy) is 1. The fraction of sp³-hybridized carbons (Fsp3) is 0.368. The number of non-ortho nitro benzene ring substituents is 1. The van der Waals surface area contributed by atoms with Crippen LogP contribution in [0.1, 0.15) is 29.1 Å². The number of aryl methyl sites for hydroxylation is 1. The first-order valence-corrected chi connectivity index (χ1v) is 10.2. The van der Waals surface area contributed by atoms with E-state index in [9.17, 15) is 19.7 Å². The maximum Gasteiger partial charge on any atom is 0.341 e. The van der Waals surface area contributed by atoms with Crippen LogP contribution in [-0.4, -0.2) is 48.2 Å². The summed E-state index contributed by atoms with van der Waals surface area (Å²) >= 11 is 1.29. The van der Waals surface area contributed by atoms with Crippen LogP contribution in [-0.2, 0) is 16.0 Å². The number of rotatable bonds is 11. The number of aliphatic hydroxyl groups is 1. The summed E-state index contributed by atoms with van der Waals surface area (Å²) in [7, 11) is 0. The van der Waals surface area contributed by atoms with Crippen molar-refractivity contribution in [3.63, 3.8) is 0 Å². The number of carbonyl (C=O) groups is 2. The second-order valence-corrected chi connectivity index (χ2v) is 7.21. The highest BCUT2D eigenvalue weighted by molar-refractivity contribution is 7.16. The van der Waals surface area contributed by atoms with E-state index in [1.54, 1.807) is 13.0 Å². The summed E-state index contributed by atoms with van der Waals surface area (Å²) in [6.45, 7) is 3.81. The summed E-state index contributed by atoms with van der Waals surface area (Å²) in [5.74, 6) is -0.935. The Balaban J connectivity index is 2.12. The van der Waals surface area contributed by atoms with Gasteiger partial charge in [-0.15, -0.1) is 11.3 Å². The number of carbonyl (C=O) groups excluding carboxylic acids is 2. The van der Waals surface area contributed by atoms with Crippen LogP contribution in [0.25, 0.3) is 0 Å². The van der Waals surface area contributed by atoms with Crippen LogP contribution in [0.2, 0.25) is 0 Å². The molecule has 0 aliphatic heterocycles. The lowest BCUT2D eigenvalue weighted by molar-refractivity contribution is -0.384. The van der Waals surface area contributed by atoms with Gasteiger partial charge < -0.3 is 25.8 Å². The number of nitrogens with one attached hydrogen (secondary N) is 3. The van der Waals surface area contributed by atoms with Crippen LogP contribution >= 0.6 is 11.3 Å². The van der Waals surface area contributed by atoms with Crippen molar-refractivity contribution < 1.29 is 24.4 Å². The lowest BCUT2D eigenvalue weighted by Gasteiger charge is -2.13. The van der Waals surface area contributed by atoms with E-state index < -0.39 is 16.8 Å². The SMILES string of the molecule is CCOC(=O)c1cc(CC)sc1NC(=O)CNc1cc([N+](=O)[O-])ccc1NCCO. The first-order valence-electron chi connectivity index (χ1n) is 9.36. The van der Waals surface area contributed by atoms with E-state index in [1.807, 2.05) is 6.92 Å². The highest BCUT2D eigenvalue weighted by atomic mass is 32.1. The van der Waals surface area contributed by atoms with Gasteiger partial charge in [-0.3, -0.25) is 14.9 Å². The maximum absolute atomic E-state index is 12.4. The summed E-state index contributed by atoms with van der Waals surface area (Å²) in [5.41, 5.74) is 1.02. The molecular weight excluding hydrogens is 412 g/mol. The maximum atomic E-state index is 12.4. The van der Waals surface area contributed by atoms with Gasteiger partial charge in [-0.05, 0) is 25.5 Å². The molecule has 162 valence electrons. The predicted octanol–water partition coefficient (Wildman–Crippen LogP) is 2.85. The van der Waals surface area contributed by atoms with E-state index in [4.69, 9.17) is 9.84 Å². The van der Waals surface area contributed by atoms with Crippen molar-refractivity contribution >= 4 is 45.3 Å². The van der Waals surface area contributed by atoms with E-state index >= 15 is 0 Å². The molecule has 0 fully saturated rings. The number of aliphatic hydroxyl groups excluding tert-OH is 1. The van der Waals surface area contributed by atoms with Crippen molar-refractivity contribution in [1.29, 1.82) is 0 Å². The number of amides is 1. The molecule has 0 unspecified atom stereocenters. The van der Waals surface area contributed by atoms with Gasteiger partial charge in [0, 0.05) is 23.6 Å². The Bertz CT molecular complexity index is 914. The quantitative estimate of drug-likeness (QED) is 0.239. The lowest BCUT2D eigenvalue weighted by Crippen LogP contribution is -2.23. The van der Waals surface area contributed by atoms with Gasteiger partial charge in [0.25, 0.3) is 5.69 Å². The van der Waals surface area contributed by atoms with E-state index in [2.05, 4.69) is 16.0 Å².